The molecule has 494 valence electrons. The number of nitrogens with one attached hydrogen (secondary N) is 1. The first kappa shape index (κ1) is 74.9. The van der Waals surface area contributed by atoms with Gasteiger partial charge in [0.2, 0.25) is 11.8 Å². The second-order valence-corrected chi connectivity index (χ2v) is 23.9. The van der Waals surface area contributed by atoms with Crippen molar-refractivity contribution in [2.45, 2.75) is 228 Å². The van der Waals surface area contributed by atoms with Crippen LogP contribution in [0.25, 0.3) is 0 Å². The lowest BCUT2D eigenvalue weighted by Crippen LogP contribution is -2.66. The van der Waals surface area contributed by atoms with E-state index in [-0.39, 0.29) is 43.4 Å². The number of carbonyl (C=O) groups is 4. The first-order chi connectivity index (χ1) is 41.3. The SMILES string of the molecule is C[C@@H]1[C@H](O)[C@@H](C)/C=C/C=C/C=C/C=C/C=C/C=C/C=C/[C@H](O[C@@H]2O[C@H](C)[C@@H](O)[C@H](N3CCN(C(=O)CCCCCNC(=O)C(N)CCCCN)CC3)[C@@H]2O)CC2O[C@](O)(C[C@@H](O)C[C@@H](O)[C@H](O)CC[C@@H](O)C[C@@H](O)CC(=O)O[C@H]1C)C[C@H](O)[C@H]2C(=O)O. The van der Waals surface area contributed by atoms with E-state index in [0.29, 0.717) is 65.0 Å². The lowest BCUT2D eigenvalue weighted by atomic mass is 9.82. The van der Waals surface area contributed by atoms with Gasteiger partial charge in [0, 0.05) is 76.7 Å². The molecule has 0 aromatic rings. The predicted octanol–water partition coefficient (Wildman–Crippen LogP) is 1.03. The standard InChI is InChI=1S/C63H103N5O19/c1-40-22-16-13-11-9-7-5-6-8-10-12-14-17-23-47(86-62-59(79)56(58(78)43(4)85-62)68-32-30-67(31-33-68)53(75)25-18-15-21-29-66-60(80)48(65)24-19-20-28-64)37-52-55(61(81)82)51(74)39-63(83,87-52)38-46(71)35-50(73)49(72)27-26-44(69)34-45(70)36-54(76)84-42(3)41(2)57(40)77/h5-14,16-17,22-23,40-52,55-59,62,69-74,77-79,83H,15,18-21,24-39,64-65H2,1-4H3,(H,66,80)(H,81,82)/b6-5+,9-7+,10-8+,13-11+,14-12+,22-16+,23-17+/t40-,41-,42-,43+,44+,45+,46-,47-,48?,49+,50+,51-,52?,55+,56-,57+,58+,59-,62-,63+/m0/s1. The minimum atomic E-state index is -2.38. The number of aliphatic hydroxyl groups is 10. The van der Waals surface area contributed by atoms with Crippen molar-refractivity contribution >= 4 is 23.8 Å². The summed E-state index contributed by atoms with van der Waals surface area (Å²) in [4.78, 5) is 54.7. The number of aliphatic hydroxyl groups excluding tert-OH is 9. The molecule has 2 unspecified atom stereocenters. The van der Waals surface area contributed by atoms with Gasteiger partial charge in [-0.25, -0.2) is 0 Å². The van der Waals surface area contributed by atoms with Crippen molar-refractivity contribution < 1.29 is 94.3 Å². The Labute approximate surface area is 512 Å². The van der Waals surface area contributed by atoms with Crippen LogP contribution in [0, 0.1) is 17.8 Å². The van der Waals surface area contributed by atoms with Crippen LogP contribution in [-0.4, -0.2) is 233 Å². The molecule has 0 saturated carbocycles. The fraction of sp³-hybridized carbons (Fsp3) is 0.714. The Balaban J connectivity index is 1.50. The molecule has 24 nitrogen and oxygen atoms in total. The van der Waals surface area contributed by atoms with Crippen molar-refractivity contribution in [2.75, 3.05) is 39.3 Å². The molecule has 4 aliphatic heterocycles. The Bertz CT molecular complexity index is 2280. The van der Waals surface area contributed by atoms with Crippen LogP contribution in [0.2, 0.25) is 0 Å². The number of hydrogen-bond donors (Lipinski definition) is 14. The van der Waals surface area contributed by atoms with Gasteiger partial charge in [-0.2, -0.15) is 0 Å². The highest BCUT2D eigenvalue weighted by molar-refractivity contribution is 5.81. The molecule has 16 N–H and O–H groups in total. The summed E-state index contributed by atoms with van der Waals surface area (Å²) >= 11 is 0. The highest BCUT2D eigenvalue weighted by atomic mass is 16.7. The number of allylic oxidation sites excluding steroid dienone is 12. The maximum Gasteiger partial charge on any atom is 0.311 e. The number of unbranched alkanes of at least 4 members (excludes halogenated alkanes) is 3. The highest BCUT2D eigenvalue weighted by Gasteiger charge is 2.52. The second kappa shape index (κ2) is 38.9. The van der Waals surface area contributed by atoms with Crippen molar-refractivity contribution in [3.05, 3.63) is 85.1 Å². The Morgan fingerprint density at radius 1 is 0.690 bits per heavy atom. The topological polar surface area (TPSA) is 398 Å². The third-order valence-electron chi connectivity index (χ3n) is 16.7. The summed E-state index contributed by atoms with van der Waals surface area (Å²) in [5, 5.41) is 125. The van der Waals surface area contributed by atoms with Crippen LogP contribution in [0.4, 0.5) is 0 Å². The van der Waals surface area contributed by atoms with E-state index >= 15 is 0 Å². The van der Waals surface area contributed by atoms with Crippen LogP contribution in [0.15, 0.2) is 85.1 Å². The molecule has 0 spiro atoms. The van der Waals surface area contributed by atoms with Crippen LogP contribution < -0.4 is 16.8 Å². The van der Waals surface area contributed by atoms with Crippen LogP contribution in [-0.2, 0) is 38.1 Å². The number of piperazine rings is 1. The van der Waals surface area contributed by atoms with E-state index in [9.17, 15) is 75.3 Å². The van der Waals surface area contributed by atoms with Gasteiger partial charge in [-0.05, 0) is 65.3 Å². The number of aliphatic carboxylic acids is 1. The summed E-state index contributed by atoms with van der Waals surface area (Å²) < 4.78 is 24.1. The van der Waals surface area contributed by atoms with Gasteiger partial charge in [-0.1, -0.05) is 112 Å². The first-order valence-corrected chi connectivity index (χ1v) is 31.0. The number of carboxylic acid groups (broad SMARTS) is 1. The smallest absolute Gasteiger partial charge is 0.311 e. The van der Waals surface area contributed by atoms with Crippen LogP contribution in [0.5, 0.6) is 0 Å². The van der Waals surface area contributed by atoms with E-state index in [0.717, 1.165) is 19.3 Å². The van der Waals surface area contributed by atoms with Gasteiger partial charge < -0.3 is 96.8 Å². The molecule has 0 radical (unpaired) electrons. The van der Waals surface area contributed by atoms with Gasteiger partial charge in [-0.15, -0.1) is 0 Å². The average molecular weight is 1230 g/mol. The summed E-state index contributed by atoms with van der Waals surface area (Å²) in [7, 11) is 0. The molecule has 2 amide bonds. The third kappa shape index (κ3) is 26.0. The molecule has 0 aliphatic carbocycles. The maximum absolute atomic E-state index is 13.3. The number of nitrogens with two attached hydrogens (primary N) is 2. The zero-order valence-electron chi connectivity index (χ0n) is 51.1. The van der Waals surface area contributed by atoms with Crippen LogP contribution in [0.1, 0.15) is 124 Å². The van der Waals surface area contributed by atoms with E-state index in [2.05, 4.69) is 5.32 Å². The Morgan fingerprint density at radius 3 is 1.93 bits per heavy atom. The van der Waals surface area contributed by atoms with Crippen LogP contribution in [0.3, 0.4) is 0 Å². The molecular formula is C63H103N5O19. The molecule has 0 aromatic carbocycles. The van der Waals surface area contributed by atoms with E-state index in [1.165, 1.54) is 0 Å². The van der Waals surface area contributed by atoms with Crippen molar-refractivity contribution in [2.24, 2.45) is 29.2 Å². The number of amides is 2. The monoisotopic (exact) mass is 1230 g/mol. The normalized spacial score (nSPS) is 38.6. The van der Waals surface area contributed by atoms with Crippen molar-refractivity contribution in [1.82, 2.24) is 15.1 Å². The first-order valence-electron chi connectivity index (χ1n) is 31.0. The van der Waals surface area contributed by atoms with Gasteiger partial charge in [0.15, 0.2) is 12.1 Å². The maximum atomic E-state index is 13.3. The van der Waals surface area contributed by atoms with Gasteiger partial charge in [0.25, 0.3) is 0 Å². The fourth-order valence-electron chi connectivity index (χ4n) is 11.3. The van der Waals surface area contributed by atoms with Gasteiger partial charge in [0.05, 0.1) is 85.6 Å². The number of carboxylic acids is 1. The largest absolute Gasteiger partial charge is 0.481 e. The number of fused-ring (bicyclic) bond motifs is 2. The minimum Gasteiger partial charge on any atom is -0.481 e. The van der Waals surface area contributed by atoms with Crippen LogP contribution >= 0.6 is 0 Å². The molecule has 4 heterocycles. The molecule has 0 aromatic heterocycles. The number of rotatable bonds is 15. The number of nitrogens with zero attached hydrogens (tertiary/aromatic N) is 2. The molecule has 3 fully saturated rings. The van der Waals surface area contributed by atoms with Crippen molar-refractivity contribution in [3.8, 4) is 0 Å². The molecule has 4 rings (SSSR count). The quantitative estimate of drug-likeness (QED) is 0.0804. The number of ether oxygens (including phenoxy) is 4. The average Bonchev–Trinajstić information content (AvgIpc) is 2.25. The fourth-order valence-corrected chi connectivity index (χ4v) is 11.3. The summed E-state index contributed by atoms with van der Waals surface area (Å²) in [6.45, 7) is 9.06. The lowest BCUT2D eigenvalue weighted by Gasteiger charge is -2.49. The Hall–Kier alpha value is -4.58. The summed E-state index contributed by atoms with van der Waals surface area (Å²) in [6, 6.07) is -1.52. The molecule has 87 heavy (non-hydrogen) atoms. The number of esters is 1. The highest BCUT2D eigenvalue weighted by Crippen LogP contribution is 2.39. The summed E-state index contributed by atoms with van der Waals surface area (Å²) in [5.74, 6) is -7.24. The second-order valence-electron chi connectivity index (χ2n) is 23.9. The summed E-state index contributed by atoms with van der Waals surface area (Å²) in [5.41, 5.74) is 11.5. The van der Waals surface area contributed by atoms with Gasteiger partial charge >= 0.3 is 11.9 Å². The Kier molecular flexibility index (Phi) is 33.4. The number of cyclic esters (lactones) is 1. The lowest BCUT2D eigenvalue weighted by molar-refractivity contribution is -0.312. The molecule has 20 atom stereocenters. The zero-order valence-corrected chi connectivity index (χ0v) is 51.1. The van der Waals surface area contributed by atoms with E-state index < -0.39 is 153 Å². The zero-order chi connectivity index (χ0) is 64.2. The van der Waals surface area contributed by atoms with E-state index in [4.69, 9.17) is 30.4 Å². The van der Waals surface area contributed by atoms with Crippen molar-refractivity contribution in [3.63, 3.8) is 0 Å². The molecule has 4 aliphatic rings. The molecular weight excluding hydrogens is 1130 g/mol. The molecule has 3 saturated heterocycles. The van der Waals surface area contributed by atoms with E-state index in [1.807, 2.05) is 30.1 Å². The molecule has 2 bridgehead atoms. The molecule has 24 heteroatoms. The third-order valence-corrected chi connectivity index (χ3v) is 16.7. The summed E-state index contributed by atoms with van der Waals surface area (Å²) in [6.07, 6.45) is 7.46. The minimum absolute atomic E-state index is 0.0417. The van der Waals surface area contributed by atoms with Gasteiger partial charge in [0.1, 0.15) is 18.1 Å². The number of carbonyl (C=O) groups excluding carboxylic acids is 3. The van der Waals surface area contributed by atoms with E-state index in [1.54, 1.807) is 92.5 Å². The number of hydrogen-bond acceptors (Lipinski definition) is 21. The van der Waals surface area contributed by atoms with Crippen molar-refractivity contribution in [1.29, 1.82) is 0 Å². The predicted molar refractivity (Wildman–Crippen MR) is 323 cm³/mol. The van der Waals surface area contributed by atoms with Gasteiger partial charge in [-0.3, -0.25) is 24.1 Å². The Morgan fingerprint density at radius 2 is 1.31 bits per heavy atom.